The van der Waals surface area contributed by atoms with Crippen LogP contribution in [0.1, 0.15) is 39.4 Å². The number of rotatable bonds is 2. The van der Waals surface area contributed by atoms with E-state index in [-0.39, 0.29) is 17.9 Å². The minimum Gasteiger partial charge on any atom is -0.365 e. The molecule has 0 radical (unpaired) electrons. The van der Waals surface area contributed by atoms with Crippen LogP contribution in [0, 0.1) is 0 Å². The topological polar surface area (TPSA) is 101 Å². The SMILES string of the molecule is CC1CN(c2ccc(C(F)(F)F)cc2)C(=O)c2c(C(N)=O)c(=O)[nH]n21. The third kappa shape index (κ3) is 2.69. The Labute approximate surface area is 138 Å². The summed E-state index contributed by atoms with van der Waals surface area (Å²) in [6.07, 6.45) is -4.49. The number of anilines is 1. The predicted octanol–water partition coefficient (Wildman–Crippen LogP) is 1.52. The number of nitrogens with zero attached hydrogens (tertiary/aromatic N) is 2. The van der Waals surface area contributed by atoms with Crippen molar-refractivity contribution in [2.75, 3.05) is 11.4 Å². The summed E-state index contributed by atoms with van der Waals surface area (Å²) in [5, 5.41) is 2.39. The lowest BCUT2D eigenvalue weighted by Crippen LogP contribution is -2.43. The van der Waals surface area contributed by atoms with E-state index in [1.807, 2.05) is 0 Å². The largest absolute Gasteiger partial charge is 0.416 e. The van der Waals surface area contributed by atoms with Gasteiger partial charge in [-0.1, -0.05) is 0 Å². The number of nitrogens with one attached hydrogen (secondary N) is 1. The molecule has 0 saturated carbocycles. The van der Waals surface area contributed by atoms with Gasteiger partial charge in [0.25, 0.3) is 17.4 Å². The second kappa shape index (κ2) is 5.50. The van der Waals surface area contributed by atoms with Gasteiger partial charge in [-0.25, -0.2) is 0 Å². The molecule has 2 aromatic rings. The van der Waals surface area contributed by atoms with Crippen molar-refractivity contribution >= 4 is 17.5 Å². The van der Waals surface area contributed by atoms with Gasteiger partial charge in [-0.3, -0.25) is 24.2 Å². The maximum atomic E-state index is 12.7. The van der Waals surface area contributed by atoms with E-state index < -0.39 is 40.7 Å². The van der Waals surface area contributed by atoms with Crippen LogP contribution in [0.25, 0.3) is 0 Å². The first-order valence-electron chi connectivity index (χ1n) is 7.24. The van der Waals surface area contributed by atoms with Crippen molar-refractivity contribution < 1.29 is 22.8 Å². The van der Waals surface area contributed by atoms with Crippen LogP contribution in [0.2, 0.25) is 0 Å². The highest BCUT2D eigenvalue weighted by Gasteiger charge is 2.36. The minimum atomic E-state index is -4.49. The molecule has 0 spiro atoms. The lowest BCUT2D eigenvalue weighted by atomic mass is 10.1. The summed E-state index contributed by atoms with van der Waals surface area (Å²) in [6.45, 7) is 1.80. The van der Waals surface area contributed by atoms with E-state index in [2.05, 4.69) is 5.10 Å². The van der Waals surface area contributed by atoms with Crippen molar-refractivity contribution in [2.45, 2.75) is 19.1 Å². The van der Waals surface area contributed by atoms with Crippen molar-refractivity contribution in [1.82, 2.24) is 9.78 Å². The van der Waals surface area contributed by atoms with E-state index in [9.17, 15) is 27.6 Å². The molecule has 2 amide bonds. The van der Waals surface area contributed by atoms with Crippen LogP contribution < -0.4 is 16.2 Å². The van der Waals surface area contributed by atoms with Crippen LogP contribution in [0.3, 0.4) is 0 Å². The summed E-state index contributed by atoms with van der Waals surface area (Å²) in [5.41, 5.74) is 3.11. The summed E-state index contributed by atoms with van der Waals surface area (Å²) in [7, 11) is 0. The Morgan fingerprint density at radius 2 is 1.84 bits per heavy atom. The molecule has 0 saturated heterocycles. The number of nitrogens with two attached hydrogens (primary N) is 1. The van der Waals surface area contributed by atoms with Crippen molar-refractivity contribution in [3.05, 3.63) is 51.4 Å². The Morgan fingerprint density at radius 1 is 1.24 bits per heavy atom. The molecule has 1 aliphatic heterocycles. The van der Waals surface area contributed by atoms with Gasteiger partial charge in [0, 0.05) is 12.2 Å². The smallest absolute Gasteiger partial charge is 0.365 e. The third-order valence-corrected chi connectivity index (χ3v) is 4.01. The molecule has 0 fully saturated rings. The molecule has 1 unspecified atom stereocenters. The number of hydrogen-bond acceptors (Lipinski definition) is 3. The van der Waals surface area contributed by atoms with E-state index >= 15 is 0 Å². The monoisotopic (exact) mass is 354 g/mol. The number of aromatic nitrogens is 2. The Morgan fingerprint density at radius 3 is 2.36 bits per heavy atom. The molecule has 25 heavy (non-hydrogen) atoms. The van der Waals surface area contributed by atoms with Crippen LogP contribution in [0.5, 0.6) is 0 Å². The Hall–Kier alpha value is -3.04. The van der Waals surface area contributed by atoms with Crippen LogP contribution in [0.15, 0.2) is 29.1 Å². The average Bonchev–Trinajstić information content (AvgIpc) is 2.88. The lowest BCUT2D eigenvalue weighted by Gasteiger charge is -2.32. The summed E-state index contributed by atoms with van der Waals surface area (Å²) >= 11 is 0. The van der Waals surface area contributed by atoms with Gasteiger partial charge in [0.05, 0.1) is 11.6 Å². The molecule has 10 heteroatoms. The fraction of sp³-hybridized carbons (Fsp3) is 0.267. The molecule has 0 aliphatic carbocycles. The molecule has 3 rings (SSSR count). The number of benzene rings is 1. The van der Waals surface area contributed by atoms with E-state index in [1.54, 1.807) is 6.92 Å². The summed E-state index contributed by atoms with van der Waals surface area (Å²) < 4.78 is 39.3. The summed E-state index contributed by atoms with van der Waals surface area (Å²) in [4.78, 5) is 37.3. The Bertz CT molecular complexity index is 912. The number of primary amides is 1. The Balaban J connectivity index is 2.05. The first kappa shape index (κ1) is 16.8. The normalized spacial score (nSPS) is 17.5. The predicted molar refractivity (Wildman–Crippen MR) is 81.4 cm³/mol. The maximum absolute atomic E-state index is 12.7. The molecule has 132 valence electrons. The van der Waals surface area contributed by atoms with Crippen LogP contribution in [-0.2, 0) is 6.18 Å². The van der Waals surface area contributed by atoms with Crippen molar-refractivity contribution in [3.63, 3.8) is 0 Å². The van der Waals surface area contributed by atoms with Crippen LogP contribution in [0.4, 0.5) is 18.9 Å². The highest BCUT2D eigenvalue weighted by Crippen LogP contribution is 2.32. The molecule has 1 aromatic carbocycles. The van der Waals surface area contributed by atoms with Gasteiger partial charge in [0.15, 0.2) is 0 Å². The second-order valence-corrected chi connectivity index (χ2v) is 5.71. The highest BCUT2D eigenvalue weighted by atomic mass is 19.4. The minimum absolute atomic E-state index is 0.111. The Kier molecular flexibility index (Phi) is 3.70. The first-order chi connectivity index (χ1) is 11.6. The molecular weight excluding hydrogens is 341 g/mol. The number of carbonyl (C=O) groups is 2. The highest BCUT2D eigenvalue weighted by molar-refractivity contribution is 6.12. The van der Waals surface area contributed by atoms with Gasteiger partial charge < -0.3 is 10.6 Å². The number of carbonyl (C=O) groups excluding carboxylic acids is 2. The van der Waals surface area contributed by atoms with Crippen molar-refractivity contribution in [2.24, 2.45) is 5.73 Å². The molecule has 1 aromatic heterocycles. The van der Waals surface area contributed by atoms with Gasteiger partial charge in [-0.2, -0.15) is 13.2 Å². The molecule has 1 aliphatic rings. The standard InChI is InChI=1S/C15H13F3N4O3/c1-7-6-21(9-4-2-8(3-5-9)15(16,17)18)14(25)11-10(12(19)23)13(24)20-22(7)11/h2-5,7H,6H2,1H3,(H2,19,23)(H,20,24). The van der Waals surface area contributed by atoms with E-state index in [4.69, 9.17) is 5.73 Å². The van der Waals surface area contributed by atoms with Crippen LogP contribution in [-0.4, -0.2) is 28.1 Å². The number of fused-ring (bicyclic) bond motifs is 1. The third-order valence-electron chi connectivity index (χ3n) is 4.01. The first-order valence-corrected chi connectivity index (χ1v) is 7.24. The number of H-pyrrole nitrogens is 1. The van der Waals surface area contributed by atoms with Gasteiger partial charge in [-0.15, -0.1) is 0 Å². The molecular formula is C15H13F3N4O3. The molecule has 3 N–H and O–H groups in total. The van der Waals surface area contributed by atoms with Gasteiger partial charge in [0.1, 0.15) is 11.3 Å². The van der Waals surface area contributed by atoms with Gasteiger partial charge in [0.2, 0.25) is 0 Å². The molecule has 0 bridgehead atoms. The van der Waals surface area contributed by atoms with Crippen LogP contribution >= 0.6 is 0 Å². The molecule has 2 heterocycles. The number of hydrogen-bond donors (Lipinski definition) is 2. The van der Waals surface area contributed by atoms with Gasteiger partial charge in [-0.05, 0) is 31.2 Å². The quantitative estimate of drug-likeness (QED) is 0.855. The summed E-state index contributed by atoms with van der Waals surface area (Å²) in [5.74, 6) is -1.74. The van der Waals surface area contributed by atoms with E-state index in [0.29, 0.717) is 0 Å². The number of amides is 2. The summed E-state index contributed by atoms with van der Waals surface area (Å²) in [6, 6.07) is 3.65. The second-order valence-electron chi connectivity index (χ2n) is 5.71. The lowest BCUT2D eigenvalue weighted by molar-refractivity contribution is -0.137. The fourth-order valence-electron chi connectivity index (χ4n) is 2.83. The van der Waals surface area contributed by atoms with E-state index in [1.165, 1.54) is 9.58 Å². The average molecular weight is 354 g/mol. The number of aromatic amines is 1. The van der Waals surface area contributed by atoms with E-state index in [0.717, 1.165) is 24.3 Å². The van der Waals surface area contributed by atoms with Crippen molar-refractivity contribution in [1.29, 1.82) is 0 Å². The van der Waals surface area contributed by atoms with Gasteiger partial charge >= 0.3 is 6.18 Å². The zero-order valence-electron chi connectivity index (χ0n) is 12.9. The van der Waals surface area contributed by atoms with Crippen molar-refractivity contribution in [3.8, 4) is 0 Å². The zero-order chi connectivity index (χ0) is 18.5. The maximum Gasteiger partial charge on any atom is 0.416 e. The zero-order valence-corrected chi connectivity index (χ0v) is 12.9. The molecule has 7 nitrogen and oxygen atoms in total. The fourth-order valence-corrected chi connectivity index (χ4v) is 2.83. The number of halogens is 3. The molecule has 1 atom stereocenters. The number of alkyl halides is 3.